The van der Waals surface area contributed by atoms with E-state index in [1.54, 1.807) is 7.11 Å². The van der Waals surface area contributed by atoms with Crippen molar-refractivity contribution in [2.75, 3.05) is 34.3 Å². The number of carbonyl (C=O) groups excluding carboxylic acids is 1. The van der Waals surface area contributed by atoms with E-state index in [1.165, 1.54) is 0 Å². The lowest BCUT2D eigenvalue weighted by Crippen LogP contribution is -2.44. The lowest BCUT2D eigenvalue weighted by molar-refractivity contribution is 0.0682. The molecule has 2 aromatic carbocycles. The van der Waals surface area contributed by atoms with E-state index in [0.717, 1.165) is 30.0 Å². The van der Waals surface area contributed by atoms with E-state index in [0.29, 0.717) is 11.3 Å². The summed E-state index contributed by atoms with van der Waals surface area (Å²) in [4.78, 5) is 16.9. The highest BCUT2D eigenvalue weighted by atomic mass is 16.5. The molecule has 1 fully saturated rings. The summed E-state index contributed by atoms with van der Waals surface area (Å²) in [5, 5.41) is 0. The maximum atomic E-state index is 12.8. The zero-order chi connectivity index (χ0) is 17.6. The number of likely N-dealkylation sites (N-methyl/N-ethyl adjacent to an activating group) is 2. The third kappa shape index (κ3) is 2.74. The highest BCUT2D eigenvalue weighted by Gasteiger charge is 2.41. The van der Waals surface area contributed by atoms with Crippen LogP contribution in [-0.2, 0) is 0 Å². The molecule has 0 unspecified atom stereocenters. The predicted molar refractivity (Wildman–Crippen MR) is 96.2 cm³/mol. The molecule has 0 N–H and O–H groups in total. The molecule has 0 radical (unpaired) electrons. The summed E-state index contributed by atoms with van der Waals surface area (Å²) >= 11 is 0. The third-order valence-corrected chi connectivity index (χ3v) is 5.13. The minimum atomic E-state index is 0.000703. The van der Waals surface area contributed by atoms with Crippen molar-refractivity contribution in [3.63, 3.8) is 0 Å². The Bertz CT molecular complexity index is 820. The van der Waals surface area contributed by atoms with Crippen LogP contribution in [0, 0.1) is 0 Å². The minimum Gasteiger partial charge on any atom is -0.497 e. The normalized spacial score (nSPS) is 22.8. The van der Waals surface area contributed by atoms with Gasteiger partial charge >= 0.3 is 0 Å². The molecular weight excluding hydrogens is 316 g/mol. The molecule has 0 bridgehead atoms. The van der Waals surface area contributed by atoms with Crippen molar-refractivity contribution in [3.05, 3.63) is 48.0 Å². The molecule has 4 rings (SSSR count). The summed E-state index contributed by atoms with van der Waals surface area (Å²) in [6, 6.07) is 13.8. The first-order valence-electron chi connectivity index (χ1n) is 8.47. The number of fused-ring (bicyclic) bond motifs is 2. The van der Waals surface area contributed by atoms with Crippen LogP contribution in [0.25, 0.3) is 11.1 Å². The van der Waals surface area contributed by atoms with Gasteiger partial charge in [0.05, 0.1) is 18.7 Å². The summed E-state index contributed by atoms with van der Waals surface area (Å²) < 4.78 is 11.6. The molecule has 2 atom stereocenters. The number of ether oxygens (including phenoxy) is 2. The summed E-state index contributed by atoms with van der Waals surface area (Å²) in [7, 11) is 5.59. The Hall–Kier alpha value is -2.53. The van der Waals surface area contributed by atoms with Gasteiger partial charge in [0, 0.05) is 20.1 Å². The van der Waals surface area contributed by atoms with E-state index >= 15 is 0 Å². The van der Waals surface area contributed by atoms with Crippen molar-refractivity contribution < 1.29 is 14.3 Å². The number of methoxy groups -OCH3 is 1. The average molecular weight is 338 g/mol. The molecule has 2 heterocycles. The topological polar surface area (TPSA) is 42.0 Å². The quantitative estimate of drug-likeness (QED) is 0.844. The summed E-state index contributed by atoms with van der Waals surface area (Å²) in [5.74, 6) is 1.50. The maximum absolute atomic E-state index is 12.8. The van der Waals surface area contributed by atoms with Gasteiger partial charge in [0.15, 0.2) is 0 Å². The monoisotopic (exact) mass is 338 g/mol. The molecule has 2 aliphatic heterocycles. The molecule has 0 aliphatic carbocycles. The van der Waals surface area contributed by atoms with Gasteiger partial charge in [-0.15, -0.1) is 0 Å². The van der Waals surface area contributed by atoms with Gasteiger partial charge < -0.3 is 19.3 Å². The van der Waals surface area contributed by atoms with Crippen molar-refractivity contribution in [2.24, 2.45) is 0 Å². The molecule has 2 aliphatic rings. The molecule has 130 valence electrons. The Morgan fingerprint density at radius 1 is 1.08 bits per heavy atom. The lowest BCUT2D eigenvalue weighted by Gasteiger charge is -2.25. The predicted octanol–water partition coefficient (Wildman–Crippen LogP) is 2.51. The van der Waals surface area contributed by atoms with Crippen LogP contribution < -0.4 is 9.47 Å². The van der Waals surface area contributed by atoms with Crippen LogP contribution in [-0.4, -0.2) is 62.1 Å². The van der Waals surface area contributed by atoms with E-state index in [2.05, 4.69) is 11.9 Å². The third-order valence-electron chi connectivity index (χ3n) is 5.13. The van der Waals surface area contributed by atoms with E-state index < -0.39 is 0 Å². The molecule has 0 saturated carbocycles. The van der Waals surface area contributed by atoms with Crippen molar-refractivity contribution in [1.82, 2.24) is 9.80 Å². The number of benzene rings is 2. The SMILES string of the molecule is COc1cccc(-c2ccc3c(c2)O[C@H]2CN(C)C[C@H]2N(C)C3=O)c1. The Morgan fingerprint density at radius 2 is 1.88 bits per heavy atom. The van der Waals surface area contributed by atoms with E-state index in [-0.39, 0.29) is 18.1 Å². The fraction of sp³-hybridized carbons (Fsp3) is 0.350. The van der Waals surface area contributed by atoms with E-state index in [9.17, 15) is 4.79 Å². The molecular formula is C20H22N2O3. The van der Waals surface area contributed by atoms with Crippen LogP contribution >= 0.6 is 0 Å². The number of hydrogen-bond acceptors (Lipinski definition) is 4. The maximum Gasteiger partial charge on any atom is 0.257 e. The lowest BCUT2D eigenvalue weighted by atomic mass is 10.0. The summed E-state index contributed by atoms with van der Waals surface area (Å²) in [6.07, 6.45) is 0.000703. The van der Waals surface area contributed by atoms with Gasteiger partial charge in [-0.25, -0.2) is 0 Å². The minimum absolute atomic E-state index is 0.000703. The first kappa shape index (κ1) is 16.0. The van der Waals surface area contributed by atoms with Crippen LogP contribution in [0.2, 0.25) is 0 Å². The molecule has 0 aromatic heterocycles. The smallest absolute Gasteiger partial charge is 0.257 e. The zero-order valence-corrected chi connectivity index (χ0v) is 14.7. The Labute approximate surface area is 147 Å². The standard InChI is InChI=1S/C20H22N2O3/c1-21-11-17-19(12-21)25-18-10-14(7-8-16(18)20(23)22(17)2)13-5-4-6-15(9-13)24-3/h4-10,17,19H,11-12H2,1-3H3/t17-,19+/m1/s1. The van der Waals surface area contributed by atoms with Crippen molar-refractivity contribution in [2.45, 2.75) is 12.1 Å². The van der Waals surface area contributed by atoms with Crippen molar-refractivity contribution in [1.29, 1.82) is 0 Å². The molecule has 1 amide bonds. The molecule has 1 saturated heterocycles. The Balaban J connectivity index is 1.75. The van der Waals surface area contributed by atoms with Crippen LogP contribution in [0.1, 0.15) is 10.4 Å². The highest BCUT2D eigenvalue weighted by Crippen LogP contribution is 2.34. The highest BCUT2D eigenvalue weighted by molar-refractivity contribution is 5.98. The second-order valence-corrected chi connectivity index (χ2v) is 6.80. The largest absolute Gasteiger partial charge is 0.497 e. The van der Waals surface area contributed by atoms with Gasteiger partial charge in [-0.05, 0) is 42.4 Å². The second-order valence-electron chi connectivity index (χ2n) is 6.80. The number of rotatable bonds is 2. The van der Waals surface area contributed by atoms with E-state index in [1.807, 2.05) is 54.4 Å². The molecule has 5 heteroatoms. The van der Waals surface area contributed by atoms with Gasteiger partial charge in [-0.3, -0.25) is 4.79 Å². The number of amides is 1. The number of carbonyl (C=O) groups is 1. The van der Waals surface area contributed by atoms with E-state index in [4.69, 9.17) is 9.47 Å². The number of nitrogens with zero attached hydrogens (tertiary/aromatic N) is 2. The fourth-order valence-corrected chi connectivity index (χ4v) is 3.71. The molecule has 5 nitrogen and oxygen atoms in total. The Kier molecular flexibility index (Phi) is 3.88. The van der Waals surface area contributed by atoms with Gasteiger partial charge in [0.1, 0.15) is 17.6 Å². The molecule has 0 spiro atoms. The molecule has 25 heavy (non-hydrogen) atoms. The number of hydrogen-bond donors (Lipinski definition) is 0. The molecule has 2 aromatic rings. The average Bonchev–Trinajstić information content (AvgIpc) is 2.96. The van der Waals surface area contributed by atoms with Crippen LogP contribution in [0.3, 0.4) is 0 Å². The fourth-order valence-electron chi connectivity index (χ4n) is 3.71. The first-order valence-corrected chi connectivity index (χ1v) is 8.47. The Morgan fingerprint density at radius 3 is 2.68 bits per heavy atom. The second kappa shape index (κ2) is 6.08. The van der Waals surface area contributed by atoms with Crippen molar-refractivity contribution in [3.8, 4) is 22.6 Å². The van der Waals surface area contributed by atoms with Crippen molar-refractivity contribution >= 4 is 5.91 Å². The zero-order valence-electron chi connectivity index (χ0n) is 14.7. The van der Waals surface area contributed by atoms with Gasteiger partial charge in [0.2, 0.25) is 0 Å². The summed E-state index contributed by atoms with van der Waals surface area (Å²) in [6.45, 7) is 1.66. The first-order chi connectivity index (χ1) is 12.1. The number of likely N-dealkylation sites (tertiary alicyclic amines) is 1. The van der Waals surface area contributed by atoms with Gasteiger partial charge in [-0.1, -0.05) is 18.2 Å². The van der Waals surface area contributed by atoms with Gasteiger partial charge in [0.25, 0.3) is 5.91 Å². The van der Waals surface area contributed by atoms with Crippen LogP contribution in [0.4, 0.5) is 0 Å². The van der Waals surface area contributed by atoms with Crippen LogP contribution in [0.15, 0.2) is 42.5 Å². The van der Waals surface area contributed by atoms with Gasteiger partial charge in [-0.2, -0.15) is 0 Å². The van der Waals surface area contributed by atoms with Crippen LogP contribution in [0.5, 0.6) is 11.5 Å². The summed E-state index contributed by atoms with van der Waals surface area (Å²) in [5.41, 5.74) is 2.68.